The summed E-state index contributed by atoms with van der Waals surface area (Å²) in [5.41, 5.74) is 0. The minimum absolute atomic E-state index is 0. The maximum atomic E-state index is 0. The summed E-state index contributed by atoms with van der Waals surface area (Å²) in [6.07, 6.45) is 0. The van der Waals surface area contributed by atoms with Crippen molar-refractivity contribution in [3.63, 3.8) is 0 Å². The van der Waals surface area contributed by atoms with Crippen LogP contribution >= 0.6 is 0 Å². The van der Waals surface area contributed by atoms with E-state index in [1.165, 1.54) is 0 Å². The van der Waals surface area contributed by atoms with Gasteiger partial charge in [-0.3, -0.25) is 0 Å². The second-order valence-corrected chi connectivity index (χ2v) is 0. The van der Waals surface area contributed by atoms with E-state index in [0.29, 0.717) is 0 Å². The van der Waals surface area contributed by atoms with Crippen molar-refractivity contribution < 1.29 is 27.4 Å². The van der Waals surface area contributed by atoms with Crippen LogP contribution in [0.1, 0.15) is 0 Å². The summed E-state index contributed by atoms with van der Waals surface area (Å²) in [6, 6.07) is 0. The predicted octanol–water partition coefficient (Wildman–Crippen LogP) is -5.31. The fourth-order valence-electron chi connectivity index (χ4n) is 0. The second kappa shape index (κ2) is 3980. The van der Waals surface area contributed by atoms with Crippen LogP contribution in [0.15, 0.2) is 0 Å². The Morgan fingerprint density at radius 3 is 0.333 bits per heavy atom. The van der Waals surface area contributed by atoms with Gasteiger partial charge in [-0.1, -0.05) is 0 Å². The van der Waals surface area contributed by atoms with Crippen molar-refractivity contribution in [1.29, 1.82) is 0 Å². The minimum atomic E-state index is 0. The summed E-state index contributed by atoms with van der Waals surface area (Å²) >= 11 is 0. The van der Waals surface area contributed by atoms with Crippen molar-refractivity contribution in [2.45, 2.75) is 0 Å². The van der Waals surface area contributed by atoms with Gasteiger partial charge in [0.2, 0.25) is 0 Å². The Morgan fingerprint density at radius 1 is 0.333 bits per heavy atom. The first-order valence-corrected chi connectivity index (χ1v) is 0. The molecule has 0 heterocycles. The van der Waals surface area contributed by atoms with Crippen molar-refractivity contribution in [1.82, 2.24) is 0 Å². The first kappa shape index (κ1) is 7610. The molecule has 0 amide bonds. The van der Waals surface area contributed by atoms with Gasteiger partial charge >= 0.3 is 0 Å². The smallest absolute Gasteiger partial charge is 0.0814 e. The zero-order valence-electron chi connectivity index (χ0n) is 2.50. The summed E-state index contributed by atoms with van der Waals surface area (Å²) < 4.78 is 0. The molecule has 0 aliphatic heterocycles. The lowest BCUT2D eigenvalue weighted by atomic mass is 10.8. The highest BCUT2D eigenvalue weighted by Crippen LogP contribution is -0.285. The van der Waals surface area contributed by atoms with Crippen molar-refractivity contribution in [3.05, 3.63) is 0 Å². The standard InChI is InChI=1S/BH3.5H2O/h1H3;5*1H2. The molecule has 0 aliphatic carbocycles. The monoisotopic (exact) mass is 104 g/mol. The summed E-state index contributed by atoms with van der Waals surface area (Å²) in [5.74, 6) is 0. The SMILES string of the molecule is B.O.O.O.O.O. The van der Waals surface area contributed by atoms with Gasteiger partial charge in [0, 0.05) is 0 Å². The van der Waals surface area contributed by atoms with Crippen LogP contribution in [0.25, 0.3) is 0 Å². The van der Waals surface area contributed by atoms with Crippen LogP contribution in [-0.4, -0.2) is 35.8 Å². The summed E-state index contributed by atoms with van der Waals surface area (Å²) in [5, 5.41) is 0. The molecule has 0 rings (SSSR count). The van der Waals surface area contributed by atoms with Gasteiger partial charge in [0.05, 0.1) is 8.41 Å². The van der Waals surface area contributed by atoms with E-state index in [0.717, 1.165) is 0 Å². The fourth-order valence-corrected chi connectivity index (χ4v) is 0. The molecule has 0 saturated heterocycles. The summed E-state index contributed by atoms with van der Waals surface area (Å²) in [7, 11) is 0. The second-order valence-electron chi connectivity index (χ2n) is 0. The average Bonchev–Trinajstić information content (AvgIpc) is 0. The maximum Gasteiger partial charge on any atom is 0.0814 e. The lowest BCUT2D eigenvalue weighted by Gasteiger charge is -0.413. The molecule has 0 bridgehead atoms. The molecule has 0 atom stereocenters. The Morgan fingerprint density at radius 2 is 0.333 bits per heavy atom. The van der Waals surface area contributed by atoms with Crippen LogP contribution in [0.3, 0.4) is 0 Å². The lowest BCUT2D eigenvalue weighted by molar-refractivity contribution is 0.823. The quantitative estimate of drug-likeness (QED) is 0.269. The van der Waals surface area contributed by atoms with Crippen molar-refractivity contribution >= 4 is 8.41 Å². The number of rotatable bonds is 0. The number of hydrogen-bond acceptors (Lipinski definition) is 0. The highest BCUT2D eigenvalue weighted by atomic mass is 16.0. The van der Waals surface area contributed by atoms with Crippen molar-refractivity contribution in [3.8, 4) is 0 Å². The highest BCUT2D eigenvalue weighted by molar-refractivity contribution is 5.75. The zero-order chi connectivity index (χ0) is 0. The van der Waals surface area contributed by atoms with Crippen LogP contribution < -0.4 is 0 Å². The van der Waals surface area contributed by atoms with E-state index in [1.807, 2.05) is 0 Å². The van der Waals surface area contributed by atoms with E-state index in [4.69, 9.17) is 0 Å². The molecule has 0 saturated carbocycles. The van der Waals surface area contributed by atoms with Gasteiger partial charge in [0.1, 0.15) is 0 Å². The molecular weight excluding hydrogens is 90.8 g/mol. The van der Waals surface area contributed by atoms with Gasteiger partial charge in [-0.2, -0.15) is 0 Å². The van der Waals surface area contributed by atoms with Gasteiger partial charge in [0.15, 0.2) is 0 Å². The van der Waals surface area contributed by atoms with Crippen LogP contribution in [0.5, 0.6) is 0 Å². The van der Waals surface area contributed by atoms with Crippen molar-refractivity contribution in [2.24, 2.45) is 0 Å². The van der Waals surface area contributed by atoms with E-state index >= 15 is 0 Å². The third kappa shape index (κ3) is 1740. The molecule has 0 unspecified atom stereocenters. The number of hydrogen-bond donors (Lipinski definition) is 0. The summed E-state index contributed by atoms with van der Waals surface area (Å²) in [6.45, 7) is 0. The lowest BCUT2D eigenvalue weighted by Crippen LogP contribution is -0.381. The topological polar surface area (TPSA) is 158 Å². The minimum Gasteiger partial charge on any atom is -0.412 e. The Hall–Kier alpha value is -0.135. The third-order valence-corrected chi connectivity index (χ3v) is 0. The van der Waals surface area contributed by atoms with E-state index < -0.39 is 0 Å². The first-order valence-electron chi connectivity index (χ1n) is 0. The summed E-state index contributed by atoms with van der Waals surface area (Å²) in [4.78, 5) is 0. The molecule has 5 nitrogen and oxygen atoms in total. The Kier molecular flexibility index (Phi) is 5050000. The van der Waals surface area contributed by atoms with E-state index in [9.17, 15) is 0 Å². The third-order valence-electron chi connectivity index (χ3n) is 0. The predicted molar refractivity (Wildman–Crippen MR) is 28.0 cm³/mol. The van der Waals surface area contributed by atoms with E-state index in [2.05, 4.69) is 0 Å². The molecule has 0 aromatic rings. The zero-order valence-corrected chi connectivity index (χ0v) is 2.50. The largest absolute Gasteiger partial charge is 0.412 e. The molecular formula is H13BO5. The molecule has 0 radical (unpaired) electrons. The van der Waals surface area contributed by atoms with Crippen LogP contribution in [-0.2, 0) is 0 Å². The van der Waals surface area contributed by atoms with Gasteiger partial charge < -0.3 is 27.4 Å². The molecule has 46 valence electrons. The van der Waals surface area contributed by atoms with Crippen LogP contribution in [0.2, 0.25) is 0 Å². The molecule has 0 aliphatic rings. The fraction of sp³-hybridized carbons (Fsp3) is 0. The normalized spacial score (nSPS) is 0. The molecule has 0 aromatic heterocycles. The van der Waals surface area contributed by atoms with Crippen LogP contribution in [0, 0.1) is 0 Å². The average molecular weight is 104 g/mol. The molecule has 0 aromatic carbocycles. The highest BCUT2D eigenvalue weighted by Gasteiger charge is 0.0814. The molecule has 0 fully saturated rings. The van der Waals surface area contributed by atoms with Gasteiger partial charge in [-0.05, 0) is 0 Å². The maximum absolute atomic E-state index is 0. The van der Waals surface area contributed by atoms with Gasteiger partial charge in [-0.25, -0.2) is 0 Å². The van der Waals surface area contributed by atoms with Crippen LogP contribution in [0.4, 0.5) is 0 Å². The van der Waals surface area contributed by atoms with E-state index in [-0.39, 0.29) is 35.8 Å². The Balaban J connectivity index is 0. The molecule has 6 heavy (non-hydrogen) atoms. The Labute approximate surface area is 37.1 Å². The molecule has 10 N–H and O–H groups in total. The van der Waals surface area contributed by atoms with E-state index in [1.54, 1.807) is 0 Å². The van der Waals surface area contributed by atoms with Crippen molar-refractivity contribution in [2.75, 3.05) is 0 Å². The van der Waals surface area contributed by atoms with Gasteiger partial charge in [0.25, 0.3) is 0 Å². The first-order chi connectivity index (χ1) is 0. The molecule has 0 spiro atoms. The van der Waals surface area contributed by atoms with Gasteiger partial charge in [-0.15, -0.1) is 0 Å². The molecule has 6 heteroatoms. The Bertz CT molecular complexity index is 3.90.